The van der Waals surface area contributed by atoms with Gasteiger partial charge >= 0.3 is 0 Å². The molecule has 142 valence electrons. The van der Waals surface area contributed by atoms with Crippen LogP contribution in [0.5, 0.6) is 0 Å². The lowest BCUT2D eigenvalue weighted by Crippen LogP contribution is -2.42. The lowest BCUT2D eigenvalue weighted by atomic mass is 9.84. The van der Waals surface area contributed by atoms with Crippen LogP contribution in [0.3, 0.4) is 0 Å². The average Bonchev–Trinajstić information content (AvgIpc) is 2.80. The molecule has 0 bridgehead atoms. The van der Waals surface area contributed by atoms with Gasteiger partial charge in [0.25, 0.3) is 5.91 Å². The van der Waals surface area contributed by atoms with E-state index in [4.69, 9.17) is 0 Å². The lowest BCUT2D eigenvalue weighted by molar-refractivity contribution is -0.135. The van der Waals surface area contributed by atoms with E-state index in [1.165, 1.54) is 4.90 Å². The van der Waals surface area contributed by atoms with Crippen molar-refractivity contribution in [1.82, 2.24) is 0 Å². The van der Waals surface area contributed by atoms with E-state index >= 15 is 0 Å². The van der Waals surface area contributed by atoms with Gasteiger partial charge in [-0.1, -0.05) is 22.0 Å². The Bertz CT molecular complexity index is 940. The van der Waals surface area contributed by atoms with E-state index in [1.807, 2.05) is 40.7 Å². The third kappa shape index (κ3) is 3.03. The van der Waals surface area contributed by atoms with Gasteiger partial charge in [-0.05, 0) is 75.1 Å². The van der Waals surface area contributed by atoms with Gasteiger partial charge in [-0.25, -0.2) is 0 Å². The number of aliphatic hydroxyl groups is 1. The molecule has 1 heterocycles. The summed E-state index contributed by atoms with van der Waals surface area (Å²) in [4.78, 5) is 27.8. The summed E-state index contributed by atoms with van der Waals surface area (Å²) in [7, 11) is 0. The van der Waals surface area contributed by atoms with Gasteiger partial charge in [-0.2, -0.15) is 0 Å². The standard InChI is InChI=1S/C22H24BrNO3/c1-6-24-18-8-7-16(23)10-17(18)22(27,21(24)26)11-19(25)20-14(4)12(2)9-13(3)15(20)5/h7-10,27H,6,11H2,1-5H3/t22-/m1/s1. The molecule has 2 aromatic rings. The Kier molecular flexibility index (Phi) is 5.04. The molecule has 1 atom stereocenters. The van der Waals surface area contributed by atoms with Gasteiger partial charge in [0.15, 0.2) is 11.4 Å². The van der Waals surface area contributed by atoms with Gasteiger partial charge in [-0.3, -0.25) is 9.59 Å². The molecule has 2 aromatic carbocycles. The summed E-state index contributed by atoms with van der Waals surface area (Å²) < 4.78 is 0.761. The van der Waals surface area contributed by atoms with Gasteiger partial charge < -0.3 is 10.0 Å². The first-order valence-corrected chi connectivity index (χ1v) is 9.86. The van der Waals surface area contributed by atoms with E-state index < -0.39 is 11.5 Å². The number of nitrogens with zero attached hydrogens (tertiary/aromatic N) is 1. The summed E-state index contributed by atoms with van der Waals surface area (Å²) in [5, 5.41) is 11.4. The molecule has 0 fully saturated rings. The maximum absolute atomic E-state index is 13.2. The molecule has 1 aliphatic heterocycles. The Morgan fingerprint density at radius 2 is 1.70 bits per heavy atom. The number of aryl methyl sites for hydroxylation is 2. The first kappa shape index (κ1) is 19.8. The molecule has 1 aliphatic rings. The van der Waals surface area contributed by atoms with Crippen LogP contribution in [0.25, 0.3) is 0 Å². The van der Waals surface area contributed by atoms with Crippen molar-refractivity contribution in [3.8, 4) is 0 Å². The Morgan fingerprint density at radius 3 is 2.26 bits per heavy atom. The van der Waals surface area contributed by atoms with Crippen LogP contribution in [0.15, 0.2) is 28.7 Å². The summed E-state index contributed by atoms with van der Waals surface area (Å²) in [5.41, 5.74) is 3.78. The predicted molar refractivity (Wildman–Crippen MR) is 110 cm³/mol. The third-order valence-electron chi connectivity index (χ3n) is 5.67. The maximum Gasteiger partial charge on any atom is 0.264 e. The summed E-state index contributed by atoms with van der Waals surface area (Å²) in [6.07, 6.45) is -0.268. The number of rotatable bonds is 4. The molecule has 4 nitrogen and oxygen atoms in total. The monoisotopic (exact) mass is 429 g/mol. The summed E-state index contributed by atoms with van der Waals surface area (Å²) in [6.45, 7) is 10.1. The average molecular weight is 430 g/mol. The molecule has 3 rings (SSSR count). The number of Topliss-reactive ketones (excluding diaryl/α,β-unsaturated/α-hetero) is 1. The molecule has 5 heteroatoms. The molecule has 0 saturated heterocycles. The van der Waals surface area contributed by atoms with Crippen LogP contribution < -0.4 is 4.90 Å². The van der Waals surface area contributed by atoms with Crippen LogP contribution in [0.2, 0.25) is 0 Å². The Morgan fingerprint density at radius 1 is 1.11 bits per heavy atom. The van der Waals surface area contributed by atoms with Crippen LogP contribution in [0, 0.1) is 27.7 Å². The summed E-state index contributed by atoms with van der Waals surface area (Å²) in [5.74, 6) is -0.650. The highest BCUT2D eigenvalue weighted by Crippen LogP contribution is 2.44. The minimum absolute atomic E-state index is 0.212. The van der Waals surface area contributed by atoms with E-state index in [2.05, 4.69) is 22.0 Å². The molecule has 1 N–H and O–H groups in total. The number of anilines is 1. The fourth-order valence-corrected chi connectivity index (χ4v) is 4.32. The Hall–Kier alpha value is -1.98. The van der Waals surface area contributed by atoms with Crippen LogP contribution >= 0.6 is 15.9 Å². The van der Waals surface area contributed by atoms with Gasteiger partial charge in [0.2, 0.25) is 0 Å². The van der Waals surface area contributed by atoms with Crippen molar-refractivity contribution in [2.45, 2.75) is 46.6 Å². The number of amides is 1. The van der Waals surface area contributed by atoms with Crippen molar-refractivity contribution in [1.29, 1.82) is 0 Å². The number of ketones is 1. The fourth-order valence-electron chi connectivity index (χ4n) is 3.96. The molecule has 0 aliphatic carbocycles. The number of benzene rings is 2. The van der Waals surface area contributed by atoms with Crippen molar-refractivity contribution >= 4 is 33.3 Å². The normalized spacial score (nSPS) is 18.8. The molecule has 27 heavy (non-hydrogen) atoms. The van der Waals surface area contributed by atoms with Gasteiger partial charge in [0.05, 0.1) is 12.1 Å². The molecule has 0 saturated carbocycles. The molecular formula is C22H24BrNO3. The lowest BCUT2D eigenvalue weighted by Gasteiger charge is -2.23. The number of halogens is 1. The second-order valence-electron chi connectivity index (χ2n) is 7.31. The van der Waals surface area contributed by atoms with E-state index in [-0.39, 0.29) is 12.2 Å². The van der Waals surface area contributed by atoms with Crippen molar-refractivity contribution < 1.29 is 14.7 Å². The van der Waals surface area contributed by atoms with Crippen molar-refractivity contribution in [2.75, 3.05) is 11.4 Å². The molecule has 0 aromatic heterocycles. The van der Waals surface area contributed by atoms with Gasteiger partial charge in [-0.15, -0.1) is 0 Å². The highest BCUT2D eigenvalue weighted by Gasteiger charge is 2.50. The quantitative estimate of drug-likeness (QED) is 0.727. The number of hydrogen-bond donors (Lipinski definition) is 1. The molecule has 0 spiro atoms. The minimum Gasteiger partial charge on any atom is -0.375 e. The Labute approximate surface area is 168 Å². The molecule has 0 radical (unpaired) electrons. The van der Waals surface area contributed by atoms with E-state index in [0.29, 0.717) is 23.4 Å². The second kappa shape index (κ2) is 6.88. The van der Waals surface area contributed by atoms with E-state index in [1.54, 1.807) is 12.1 Å². The zero-order valence-electron chi connectivity index (χ0n) is 16.3. The van der Waals surface area contributed by atoms with Crippen molar-refractivity contribution in [3.05, 3.63) is 62.1 Å². The first-order valence-electron chi connectivity index (χ1n) is 9.06. The van der Waals surface area contributed by atoms with Crippen LogP contribution in [-0.2, 0) is 10.4 Å². The number of fused-ring (bicyclic) bond motifs is 1. The first-order chi connectivity index (χ1) is 12.6. The number of hydrogen-bond acceptors (Lipinski definition) is 3. The van der Waals surface area contributed by atoms with Gasteiger partial charge in [0, 0.05) is 22.1 Å². The summed E-state index contributed by atoms with van der Waals surface area (Å²) in [6, 6.07) is 7.43. The smallest absolute Gasteiger partial charge is 0.264 e. The highest BCUT2D eigenvalue weighted by molar-refractivity contribution is 9.10. The second-order valence-corrected chi connectivity index (χ2v) is 8.22. The molecule has 1 amide bonds. The summed E-state index contributed by atoms with van der Waals surface area (Å²) >= 11 is 3.41. The highest BCUT2D eigenvalue weighted by atomic mass is 79.9. The molecular weight excluding hydrogens is 406 g/mol. The van der Waals surface area contributed by atoms with Crippen LogP contribution in [0.4, 0.5) is 5.69 Å². The number of carbonyl (C=O) groups excluding carboxylic acids is 2. The number of carbonyl (C=O) groups is 2. The van der Waals surface area contributed by atoms with E-state index in [9.17, 15) is 14.7 Å². The SMILES string of the molecule is CCN1C(=O)[C@@](O)(CC(=O)c2c(C)c(C)cc(C)c2C)c2cc(Br)ccc21. The van der Waals surface area contributed by atoms with Crippen molar-refractivity contribution in [3.63, 3.8) is 0 Å². The fraction of sp³-hybridized carbons (Fsp3) is 0.364. The predicted octanol–water partition coefficient (Wildman–Crippen LogP) is 4.51. The Balaban J connectivity index is 2.10. The topological polar surface area (TPSA) is 57.6 Å². The molecule has 0 unspecified atom stereocenters. The van der Waals surface area contributed by atoms with Crippen LogP contribution in [0.1, 0.15) is 51.5 Å². The van der Waals surface area contributed by atoms with Gasteiger partial charge in [0.1, 0.15) is 0 Å². The maximum atomic E-state index is 13.2. The number of likely N-dealkylation sites (N-methyl/N-ethyl adjacent to an activating group) is 1. The van der Waals surface area contributed by atoms with Crippen LogP contribution in [-0.4, -0.2) is 23.3 Å². The third-order valence-corrected chi connectivity index (χ3v) is 6.16. The van der Waals surface area contributed by atoms with E-state index in [0.717, 1.165) is 26.7 Å². The zero-order chi connectivity index (χ0) is 20.1. The zero-order valence-corrected chi connectivity index (χ0v) is 17.9. The minimum atomic E-state index is -1.84. The largest absolute Gasteiger partial charge is 0.375 e. The van der Waals surface area contributed by atoms with Crippen molar-refractivity contribution in [2.24, 2.45) is 0 Å².